The maximum Gasteiger partial charge on any atom is 0.243 e. The van der Waals surface area contributed by atoms with Crippen LogP contribution in [0.25, 0.3) is 0 Å². The minimum atomic E-state index is -3.68. The molecule has 0 spiro atoms. The SMILES string of the molecule is Cc1ccc(S(=O)(=O)N2CCc3nc(N4CCCC4)nc(Oc4ccc(F)cc4)c3C2)cc1. The lowest BCUT2D eigenvalue weighted by molar-refractivity contribution is 0.369. The van der Waals surface area contributed by atoms with Gasteiger partial charge >= 0.3 is 0 Å². The first-order chi connectivity index (χ1) is 15.9. The first-order valence-electron chi connectivity index (χ1n) is 11.1. The van der Waals surface area contributed by atoms with Crippen LogP contribution in [0.4, 0.5) is 10.3 Å². The van der Waals surface area contributed by atoms with E-state index in [4.69, 9.17) is 9.72 Å². The van der Waals surface area contributed by atoms with E-state index in [1.165, 1.54) is 28.6 Å². The Hall–Kier alpha value is -3.04. The van der Waals surface area contributed by atoms with Gasteiger partial charge < -0.3 is 9.64 Å². The van der Waals surface area contributed by atoms with Gasteiger partial charge in [0.1, 0.15) is 11.6 Å². The van der Waals surface area contributed by atoms with Gasteiger partial charge in [-0.15, -0.1) is 0 Å². The van der Waals surface area contributed by atoms with E-state index in [0.717, 1.165) is 37.2 Å². The minimum Gasteiger partial charge on any atom is -0.438 e. The third-order valence-corrected chi connectivity index (χ3v) is 7.91. The molecule has 1 fully saturated rings. The molecule has 2 aromatic carbocycles. The minimum absolute atomic E-state index is 0.113. The van der Waals surface area contributed by atoms with E-state index in [9.17, 15) is 12.8 Å². The molecular formula is C24H25FN4O3S. The number of halogens is 1. The number of nitrogens with zero attached hydrogens (tertiary/aromatic N) is 4. The summed E-state index contributed by atoms with van der Waals surface area (Å²) in [6.07, 6.45) is 2.62. The Bertz CT molecular complexity index is 1260. The highest BCUT2D eigenvalue weighted by Crippen LogP contribution is 2.34. The smallest absolute Gasteiger partial charge is 0.243 e. The van der Waals surface area contributed by atoms with Gasteiger partial charge in [0, 0.05) is 32.6 Å². The van der Waals surface area contributed by atoms with E-state index in [2.05, 4.69) is 9.88 Å². The summed E-state index contributed by atoms with van der Waals surface area (Å²) in [5.74, 6) is 0.985. The van der Waals surface area contributed by atoms with Crippen molar-refractivity contribution in [1.29, 1.82) is 0 Å². The molecule has 0 amide bonds. The molecule has 0 aliphatic carbocycles. The number of fused-ring (bicyclic) bond motifs is 1. The summed E-state index contributed by atoms with van der Waals surface area (Å²) in [6.45, 7) is 4.12. The normalized spacial score (nSPS) is 16.6. The number of rotatable bonds is 5. The summed E-state index contributed by atoms with van der Waals surface area (Å²) in [4.78, 5) is 11.8. The number of aryl methyl sites for hydroxylation is 1. The average Bonchev–Trinajstić information content (AvgIpc) is 3.35. The van der Waals surface area contributed by atoms with E-state index >= 15 is 0 Å². The average molecular weight is 469 g/mol. The second kappa shape index (κ2) is 8.72. The van der Waals surface area contributed by atoms with Crippen LogP contribution in [0.2, 0.25) is 0 Å². The molecule has 0 unspecified atom stereocenters. The van der Waals surface area contributed by atoms with E-state index in [1.54, 1.807) is 24.3 Å². The number of sulfonamides is 1. The largest absolute Gasteiger partial charge is 0.438 e. The number of anilines is 1. The molecule has 0 N–H and O–H groups in total. The van der Waals surface area contributed by atoms with Crippen molar-refractivity contribution in [3.8, 4) is 11.6 Å². The Morgan fingerprint density at radius 2 is 1.64 bits per heavy atom. The van der Waals surface area contributed by atoms with Gasteiger partial charge in [0.05, 0.1) is 16.2 Å². The molecule has 172 valence electrons. The number of aromatic nitrogens is 2. The van der Waals surface area contributed by atoms with Gasteiger partial charge in [-0.1, -0.05) is 17.7 Å². The lowest BCUT2D eigenvalue weighted by Gasteiger charge is -2.29. The molecule has 1 saturated heterocycles. The Kier molecular flexibility index (Phi) is 5.76. The zero-order valence-corrected chi connectivity index (χ0v) is 19.2. The van der Waals surface area contributed by atoms with Crippen molar-refractivity contribution >= 4 is 16.0 Å². The van der Waals surface area contributed by atoms with Gasteiger partial charge in [-0.2, -0.15) is 9.29 Å². The van der Waals surface area contributed by atoms with E-state index in [-0.39, 0.29) is 17.3 Å². The highest BCUT2D eigenvalue weighted by Gasteiger charge is 2.32. The van der Waals surface area contributed by atoms with E-state index in [0.29, 0.717) is 36.1 Å². The molecule has 0 radical (unpaired) electrons. The molecule has 7 nitrogen and oxygen atoms in total. The van der Waals surface area contributed by atoms with Crippen LogP contribution < -0.4 is 9.64 Å². The predicted molar refractivity (Wildman–Crippen MR) is 122 cm³/mol. The van der Waals surface area contributed by atoms with Crippen LogP contribution in [-0.2, 0) is 23.0 Å². The highest BCUT2D eigenvalue weighted by atomic mass is 32.2. The number of hydrogen-bond acceptors (Lipinski definition) is 6. The third kappa shape index (κ3) is 4.43. The monoisotopic (exact) mass is 468 g/mol. The second-order valence-corrected chi connectivity index (χ2v) is 10.3. The zero-order valence-electron chi connectivity index (χ0n) is 18.4. The first-order valence-corrected chi connectivity index (χ1v) is 12.5. The fourth-order valence-electron chi connectivity index (χ4n) is 4.17. The van der Waals surface area contributed by atoms with E-state index < -0.39 is 10.0 Å². The van der Waals surface area contributed by atoms with Crippen molar-refractivity contribution in [3.05, 3.63) is 71.2 Å². The van der Waals surface area contributed by atoms with Gasteiger partial charge in [0.25, 0.3) is 0 Å². The fraction of sp³-hybridized carbons (Fsp3) is 0.333. The Balaban J connectivity index is 1.51. The summed E-state index contributed by atoms with van der Waals surface area (Å²) >= 11 is 0. The van der Waals surface area contributed by atoms with Gasteiger partial charge in [0.2, 0.25) is 21.9 Å². The number of ether oxygens (including phenoxy) is 1. The molecule has 3 aromatic rings. The van der Waals surface area contributed by atoms with Gasteiger partial charge in [0.15, 0.2) is 0 Å². The zero-order chi connectivity index (χ0) is 23.0. The van der Waals surface area contributed by atoms with Crippen molar-refractivity contribution in [2.24, 2.45) is 0 Å². The number of hydrogen-bond donors (Lipinski definition) is 0. The fourth-order valence-corrected chi connectivity index (χ4v) is 5.58. The standard InChI is InChI=1S/C24H25FN4O3S/c1-17-4-10-20(11-5-17)33(30,31)29-15-12-22-21(16-29)23(32-19-8-6-18(25)7-9-19)27-24(26-22)28-13-2-3-14-28/h4-11H,2-3,12-16H2,1H3. The van der Waals surface area contributed by atoms with Crippen LogP contribution in [0.5, 0.6) is 11.6 Å². The molecular weight excluding hydrogens is 443 g/mol. The molecule has 3 heterocycles. The Labute approximate surface area is 192 Å². The van der Waals surface area contributed by atoms with Crippen molar-refractivity contribution in [2.75, 3.05) is 24.5 Å². The Morgan fingerprint density at radius 3 is 2.33 bits per heavy atom. The summed E-state index contributed by atoms with van der Waals surface area (Å²) in [7, 11) is -3.68. The molecule has 0 saturated carbocycles. The highest BCUT2D eigenvalue weighted by molar-refractivity contribution is 7.89. The van der Waals surface area contributed by atoms with Crippen molar-refractivity contribution in [1.82, 2.24) is 14.3 Å². The second-order valence-electron chi connectivity index (χ2n) is 8.41. The van der Waals surface area contributed by atoms with Crippen molar-refractivity contribution in [2.45, 2.75) is 37.6 Å². The van der Waals surface area contributed by atoms with Crippen LogP contribution in [0, 0.1) is 12.7 Å². The van der Waals surface area contributed by atoms with Gasteiger partial charge in [-0.05, 0) is 56.2 Å². The summed E-state index contributed by atoms with van der Waals surface area (Å²) in [6, 6.07) is 12.5. The van der Waals surface area contributed by atoms with Crippen LogP contribution in [0.1, 0.15) is 29.7 Å². The summed E-state index contributed by atoms with van der Waals surface area (Å²) in [5.41, 5.74) is 2.43. The lowest BCUT2D eigenvalue weighted by Crippen LogP contribution is -2.37. The Morgan fingerprint density at radius 1 is 0.939 bits per heavy atom. The maximum atomic E-state index is 13.4. The van der Waals surface area contributed by atoms with Crippen LogP contribution in [0.15, 0.2) is 53.4 Å². The molecule has 9 heteroatoms. The lowest BCUT2D eigenvalue weighted by atomic mass is 10.1. The topological polar surface area (TPSA) is 75.6 Å². The van der Waals surface area contributed by atoms with Gasteiger partial charge in [-0.3, -0.25) is 0 Å². The van der Waals surface area contributed by atoms with E-state index in [1.807, 2.05) is 6.92 Å². The molecule has 0 bridgehead atoms. The maximum absolute atomic E-state index is 13.4. The molecule has 33 heavy (non-hydrogen) atoms. The summed E-state index contributed by atoms with van der Waals surface area (Å²) < 4.78 is 47.4. The first kappa shape index (κ1) is 21.8. The quantitative estimate of drug-likeness (QED) is 0.562. The third-order valence-electron chi connectivity index (χ3n) is 6.05. The van der Waals surface area contributed by atoms with Gasteiger partial charge in [-0.25, -0.2) is 17.8 Å². The number of benzene rings is 2. The van der Waals surface area contributed by atoms with Crippen LogP contribution in [0.3, 0.4) is 0 Å². The summed E-state index contributed by atoms with van der Waals surface area (Å²) in [5, 5.41) is 0. The molecule has 5 rings (SSSR count). The van der Waals surface area contributed by atoms with Crippen molar-refractivity contribution < 1.29 is 17.5 Å². The molecule has 1 aromatic heterocycles. The molecule has 2 aliphatic heterocycles. The molecule has 0 atom stereocenters. The van der Waals surface area contributed by atoms with Crippen LogP contribution in [-0.4, -0.2) is 42.3 Å². The van der Waals surface area contributed by atoms with Crippen molar-refractivity contribution in [3.63, 3.8) is 0 Å². The molecule has 2 aliphatic rings. The van der Waals surface area contributed by atoms with Crippen LogP contribution >= 0.6 is 0 Å². The predicted octanol–water partition coefficient (Wildman–Crippen LogP) is 4.06.